The second-order valence-corrected chi connectivity index (χ2v) is 17.5. The molecule has 0 bridgehead atoms. The van der Waals surface area contributed by atoms with E-state index in [9.17, 15) is 0 Å². The van der Waals surface area contributed by atoms with E-state index in [2.05, 4.69) is 231 Å². The van der Waals surface area contributed by atoms with E-state index in [-0.39, 0.29) is 5.41 Å². The van der Waals surface area contributed by atoms with Gasteiger partial charge in [-0.15, -0.1) is 0 Å². The molecule has 0 saturated carbocycles. The highest BCUT2D eigenvalue weighted by molar-refractivity contribution is 5.97. The van der Waals surface area contributed by atoms with Crippen LogP contribution < -0.4 is 4.90 Å². The molecule has 0 fully saturated rings. The normalized spacial score (nSPS) is 15.6. The van der Waals surface area contributed by atoms with Gasteiger partial charge in [-0.25, -0.2) is 0 Å². The molecule has 0 N–H and O–H groups in total. The second kappa shape index (κ2) is 11.9. The molecule has 4 aliphatic rings. The topological polar surface area (TPSA) is 3.24 Å². The number of para-hydroxylation sites is 1. The van der Waals surface area contributed by atoms with Crippen LogP contribution in [0, 0.1) is 0 Å². The van der Waals surface area contributed by atoms with E-state index in [0.29, 0.717) is 0 Å². The number of anilines is 3. The van der Waals surface area contributed by atoms with Crippen LogP contribution in [0.4, 0.5) is 17.1 Å². The zero-order chi connectivity index (χ0) is 39.8. The molecular formula is C59H41N. The number of rotatable bonds is 3. The van der Waals surface area contributed by atoms with Gasteiger partial charge in [0, 0.05) is 22.4 Å². The first-order valence-corrected chi connectivity index (χ1v) is 21.3. The molecule has 0 heterocycles. The summed E-state index contributed by atoms with van der Waals surface area (Å²) < 4.78 is 0. The quantitative estimate of drug-likeness (QED) is 0.173. The van der Waals surface area contributed by atoms with Gasteiger partial charge < -0.3 is 4.90 Å². The minimum Gasteiger partial charge on any atom is -0.310 e. The zero-order valence-electron chi connectivity index (χ0n) is 33.7. The lowest BCUT2D eigenvalue weighted by Gasteiger charge is -2.50. The lowest BCUT2D eigenvalue weighted by atomic mass is 9.52. The SMILES string of the molecule is CC1(C)c2ccccc2-c2ccc(N(c3ccccc3)c3cccc4c3C3(c5ccccc5-c5ccccc53)c3ccccc3C43c4ccccc4-c4ccccc43)cc21. The Balaban J connectivity index is 1.21. The minimum atomic E-state index is -0.618. The van der Waals surface area contributed by atoms with Crippen LogP contribution >= 0.6 is 0 Å². The smallest absolute Gasteiger partial charge is 0.0740 e. The fourth-order valence-electron chi connectivity index (χ4n) is 12.3. The van der Waals surface area contributed by atoms with Gasteiger partial charge in [0.2, 0.25) is 0 Å². The molecule has 0 aromatic heterocycles. The monoisotopic (exact) mass is 763 g/mol. The van der Waals surface area contributed by atoms with Gasteiger partial charge in [-0.05, 0) is 114 Å². The van der Waals surface area contributed by atoms with E-state index in [0.717, 1.165) is 11.4 Å². The molecule has 1 nitrogen and oxygen atoms in total. The highest BCUT2D eigenvalue weighted by atomic mass is 15.1. The molecule has 0 unspecified atom stereocenters. The van der Waals surface area contributed by atoms with Gasteiger partial charge in [-0.1, -0.05) is 196 Å². The maximum atomic E-state index is 2.57. The van der Waals surface area contributed by atoms with Crippen molar-refractivity contribution in [1.29, 1.82) is 0 Å². The summed E-state index contributed by atoms with van der Waals surface area (Å²) >= 11 is 0. The van der Waals surface area contributed by atoms with Gasteiger partial charge in [0.1, 0.15) is 0 Å². The highest BCUT2D eigenvalue weighted by Crippen LogP contribution is 2.69. The van der Waals surface area contributed by atoms with Gasteiger partial charge in [0.25, 0.3) is 0 Å². The van der Waals surface area contributed by atoms with Crippen LogP contribution in [0.2, 0.25) is 0 Å². The van der Waals surface area contributed by atoms with Crippen molar-refractivity contribution in [1.82, 2.24) is 0 Å². The van der Waals surface area contributed by atoms with Gasteiger partial charge in [0.05, 0.1) is 16.5 Å². The van der Waals surface area contributed by atoms with E-state index in [1.54, 1.807) is 0 Å². The van der Waals surface area contributed by atoms with E-state index in [1.165, 1.54) is 94.7 Å². The minimum absolute atomic E-state index is 0.148. The van der Waals surface area contributed by atoms with Crippen molar-refractivity contribution < 1.29 is 0 Å². The summed E-state index contributed by atoms with van der Waals surface area (Å²) in [5, 5.41) is 0. The Morgan fingerprint density at radius 1 is 0.283 bits per heavy atom. The van der Waals surface area contributed by atoms with Crippen molar-refractivity contribution in [3.63, 3.8) is 0 Å². The lowest BCUT2D eigenvalue weighted by molar-refractivity contribution is 0.633. The molecule has 2 spiro atoms. The van der Waals surface area contributed by atoms with Gasteiger partial charge >= 0.3 is 0 Å². The van der Waals surface area contributed by atoms with E-state index in [1.807, 2.05) is 0 Å². The van der Waals surface area contributed by atoms with Crippen LogP contribution in [0.25, 0.3) is 33.4 Å². The number of hydrogen-bond acceptors (Lipinski definition) is 1. The van der Waals surface area contributed by atoms with Crippen LogP contribution in [0.5, 0.6) is 0 Å². The average molecular weight is 764 g/mol. The highest BCUT2D eigenvalue weighted by Gasteiger charge is 2.60. The number of benzene rings is 9. The van der Waals surface area contributed by atoms with Crippen molar-refractivity contribution in [2.24, 2.45) is 0 Å². The maximum Gasteiger partial charge on any atom is 0.0740 e. The molecular weight excluding hydrogens is 723 g/mol. The van der Waals surface area contributed by atoms with Crippen molar-refractivity contribution >= 4 is 17.1 Å². The maximum absolute atomic E-state index is 2.57. The van der Waals surface area contributed by atoms with Crippen molar-refractivity contribution in [3.05, 3.63) is 268 Å². The fraction of sp³-hybridized carbons (Fsp3) is 0.0847. The summed E-state index contributed by atoms with van der Waals surface area (Å²) in [6, 6.07) is 80.6. The Morgan fingerprint density at radius 2 is 0.683 bits per heavy atom. The molecule has 0 atom stereocenters. The van der Waals surface area contributed by atoms with Crippen LogP contribution in [0.1, 0.15) is 69.5 Å². The first kappa shape index (κ1) is 33.7. The Hall–Kier alpha value is -7.22. The molecule has 282 valence electrons. The van der Waals surface area contributed by atoms with Crippen molar-refractivity contribution in [2.75, 3.05) is 4.90 Å². The number of hydrogen-bond donors (Lipinski definition) is 0. The van der Waals surface area contributed by atoms with E-state index >= 15 is 0 Å². The molecule has 0 radical (unpaired) electrons. The Morgan fingerprint density at radius 3 is 1.23 bits per heavy atom. The second-order valence-electron chi connectivity index (χ2n) is 17.5. The largest absolute Gasteiger partial charge is 0.310 e. The summed E-state index contributed by atoms with van der Waals surface area (Å²) in [7, 11) is 0. The molecule has 60 heavy (non-hydrogen) atoms. The fourth-order valence-corrected chi connectivity index (χ4v) is 12.3. The van der Waals surface area contributed by atoms with Crippen LogP contribution in [-0.4, -0.2) is 0 Å². The average Bonchev–Trinajstić information content (AvgIpc) is 3.86. The summed E-state index contributed by atoms with van der Waals surface area (Å²) in [6.07, 6.45) is 0. The number of nitrogens with zero attached hydrogens (tertiary/aromatic N) is 1. The number of fused-ring (bicyclic) bond motifs is 19. The molecule has 0 aliphatic heterocycles. The summed E-state index contributed by atoms with van der Waals surface area (Å²) in [5.41, 5.74) is 23.5. The van der Waals surface area contributed by atoms with Crippen LogP contribution in [0.15, 0.2) is 212 Å². The van der Waals surface area contributed by atoms with E-state index in [4.69, 9.17) is 0 Å². The Labute approximate surface area is 351 Å². The van der Waals surface area contributed by atoms with Crippen LogP contribution in [-0.2, 0) is 16.2 Å². The molecule has 0 saturated heterocycles. The molecule has 0 amide bonds. The lowest BCUT2D eigenvalue weighted by Crippen LogP contribution is -2.44. The summed E-state index contributed by atoms with van der Waals surface area (Å²) in [6.45, 7) is 4.77. The third-order valence-electron chi connectivity index (χ3n) is 14.5. The molecule has 13 rings (SSSR count). The Kier molecular flexibility index (Phi) is 6.71. The predicted octanol–water partition coefficient (Wildman–Crippen LogP) is 14.5. The first-order chi connectivity index (χ1) is 29.6. The molecule has 1 heteroatoms. The molecule has 4 aliphatic carbocycles. The predicted molar refractivity (Wildman–Crippen MR) is 247 cm³/mol. The van der Waals surface area contributed by atoms with Crippen molar-refractivity contribution in [3.8, 4) is 33.4 Å². The Bertz CT molecular complexity index is 3170. The van der Waals surface area contributed by atoms with Gasteiger partial charge in [0.15, 0.2) is 0 Å². The van der Waals surface area contributed by atoms with Gasteiger partial charge in [-0.2, -0.15) is 0 Å². The zero-order valence-corrected chi connectivity index (χ0v) is 33.7. The van der Waals surface area contributed by atoms with E-state index < -0.39 is 10.8 Å². The first-order valence-electron chi connectivity index (χ1n) is 21.3. The third-order valence-corrected chi connectivity index (χ3v) is 14.5. The standard InChI is InChI=1S/C59H41N/c1-57(2)46-26-11-6-21-40(46)45-36-35-39(37-54(45)57)60(38-19-4-3-5-20-38)55-34-18-33-53-56(55)59(49-29-14-9-24-43(49)44-25-10-15-30-50(44)59)52-32-17-16-31-51(52)58(53)47-27-12-7-22-41(47)42-23-8-13-28-48(42)58/h3-37H,1-2H3. The third kappa shape index (κ3) is 3.98. The van der Waals surface area contributed by atoms with Crippen LogP contribution in [0.3, 0.4) is 0 Å². The van der Waals surface area contributed by atoms with Gasteiger partial charge in [-0.3, -0.25) is 0 Å². The summed E-state index contributed by atoms with van der Waals surface area (Å²) in [4.78, 5) is 2.57. The molecule has 9 aromatic carbocycles. The van der Waals surface area contributed by atoms with Crippen molar-refractivity contribution in [2.45, 2.75) is 30.1 Å². The molecule has 9 aromatic rings. The summed E-state index contributed by atoms with van der Waals surface area (Å²) in [5.74, 6) is 0.